The van der Waals surface area contributed by atoms with Crippen molar-refractivity contribution >= 4 is 11.6 Å². The second kappa shape index (κ2) is 6.13. The summed E-state index contributed by atoms with van der Waals surface area (Å²) >= 11 is 5.49. The summed E-state index contributed by atoms with van der Waals surface area (Å²) in [4.78, 5) is 0. The number of aliphatic hydroxyl groups is 2. The first-order valence-electron chi connectivity index (χ1n) is 5.64. The molecule has 0 spiro atoms. The normalized spacial score (nSPS) is 19.4. The maximum atomic E-state index is 9.34. The number of hydrogen-bond donors (Lipinski definition) is 2. The molecule has 0 saturated carbocycles. The fourth-order valence-corrected chi connectivity index (χ4v) is 1.64. The van der Waals surface area contributed by atoms with Crippen molar-refractivity contribution in [3.05, 3.63) is 18.2 Å². The lowest BCUT2D eigenvalue weighted by molar-refractivity contribution is 0.0417. The van der Waals surface area contributed by atoms with Crippen LogP contribution in [-0.2, 0) is 0 Å². The van der Waals surface area contributed by atoms with E-state index in [1.54, 1.807) is 18.2 Å². The number of alkyl halides is 1. The molecule has 0 radical (unpaired) electrons. The van der Waals surface area contributed by atoms with Gasteiger partial charge in [0.2, 0.25) is 5.75 Å². The number of rotatable bonds is 5. The molecule has 6 heteroatoms. The van der Waals surface area contributed by atoms with Crippen LogP contribution in [0.25, 0.3) is 0 Å². The molecule has 1 heterocycles. The first kappa shape index (κ1) is 13.3. The number of aliphatic hydroxyl groups excluding tert-OH is 2. The summed E-state index contributed by atoms with van der Waals surface area (Å²) in [5.41, 5.74) is 0. The van der Waals surface area contributed by atoms with E-state index < -0.39 is 6.10 Å². The molecule has 0 amide bonds. The molecule has 1 aliphatic heterocycles. The van der Waals surface area contributed by atoms with Crippen LogP contribution in [0.1, 0.15) is 0 Å². The van der Waals surface area contributed by atoms with Gasteiger partial charge in [-0.1, -0.05) is 6.07 Å². The van der Waals surface area contributed by atoms with Crippen molar-refractivity contribution in [3.63, 3.8) is 0 Å². The Labute approximate surface area is 110 Å². The van der Waals surface area contributed by atoms with Crippen LogP contribution < -0.4 is 14.2 Å². The highest BCUT2D eigenvalue weighted by Crippen LogP contribution is 2.40. The van der Waals surface area contributed by atoms with Gasteiger partial charge in [0.05, 0.1) is 12.5 Å². The Morgan fingerprint density at radius 1 is 1.50 bits per heavy atom. The van der Waals surface area contributed by atoms with Gasteiger partial charge in [0, 0.05) is 0 Å². The molecule has 5 nitrogen and oxygen atoms in total. The van der Waals surface area contributed by atoms with E-state index in [0.29, 0.717) is 17.2 Å². The van der Waals surface area contributed by atoms with E-state index in [1.807, 2.05) is 0 Å². The third-order valence-electron chi connectivity index (χ3n) is 2.46. The molecular formula is C12H15ClO5. The van der Waals surface area contributed by atoms with Gasteiger partial charge in [0.1, 0.15) is 19.3 Å². The zero-order valence-corrected chi connectivity index (χ0v) is 10.5. The Balaban J connectivity index is 2.08. The Bertz CT molecular complexity index is 398. The number of halogens is 1. The van der Waals surface area contributed by atoms with Crippen LogP contribution in [0.5, 0.6) is 17.2 Å². The number of fused-ring (bicyclic) bond motifs is 1. The Morgan fingerprint density at radius 2 is 2.33 bits per heavy atom. The van der Waals surface area contributed by atoms with Crippen LogP contribution >= 0.6 is 11.6 Å². The summed E-state index contributed by atoms with van der Waals surface area (Å²) in [5.74, 6) is 1.62. The van der Waals surface area contributed by atoms with Crippen molar-refractivity contribution in [1.82, 2.24) is 0 Å². The molecule has 0 bridgehead atoms. The largest absolute Gasteiger partial charge is 0.487 e. The SMILES string of the molecule is OCC1COc2c(OCC(O)CCl)cccc2O1. The zero-order chi connectivity index (χ0) is 13.0. The number of hydrogen-bond acceptors (Lipinski definition) is 5. The predicted octanol–water partition coefficient (Wildman–Crippen LogP) is 0.797. The molecule has 0 aromatic heterocycles. The molecule has 1 aromatic rings. The second-order valence-corrected chi connectivity index (χ2v) is 4.24. The van der Waals surface area contributed by atoms with Crippen molar-refractivity contribution in [1.29, 1.82) is 0 Å². The van der Waals surface area contributed by atoms with Crippen molar-refractivity contribution in [2.24, 2.45) is 0 Å². The van der Waals surface area contributed by atoms with Gasteiger partial charge >= 0.3 is 0 Å². The molecule has 0 saturated heterocycles. The van der Waals surface area contributed by atoms with Crippen LogP contribution in [0.4, 0.5) is 0 Å². The van der Waals surface area contributed by atoms with Gasteiger partial charge in [-0.25, -0.2) is 0 Å². The van der Waals surface area contributed by atoms with Gasteiger partial charge in [0.25, 0.3) is 0 Å². The van der Waals surface area contributed by atoms with Crippen LogP contribution in [0, 0.1) is 0 Å². The van der Waals surface area contributed by atoms with Crippen molar-refractivity contribution < 1.29 is 24.4 Å². The fourth-order valence-electron chi connectivity index (χ4n) is 1.55. The standard InChI is InChI=1S/C12H15ClO5/c13-4-8(15)6-16-10-2-1-3-11-12(10)17-7-9(5-14)18-11/h1-3,8-9,14-15H,4-7H2. The third-order valence-corrected chi connectivity index (χ3v) is 2.82. The van der Waals surface area contributed by atoms with E-state index in [-0.39, 0.29) is 31.8 Å². The topological polar surface area (TPSA) is 68.2 Å². The summed E-state index contributed by atoms with van der Waals surface area (Å²) in [6.45, 7) is 0.254. The molecule has 0 fully saturated rings. The van der Waals surface area contributed by atoms with Crippen LogP contribution in [0.15, 0.2) is 18.2 Å². The molecule has 100 valence electrons. The van der Waals surface area contributed by atoms with Crippen molar-refractivity contribution in [2.75, 3.05) is 25.7 Å². The van der Waals surface area contributed by atoms with Crippen LogP contribution in [-0.4, -0.2) is 48.1 Å². The average molecular weight is 275 g/mol. The average Bonchev–Trinajstić information content (AvgIpc) is 2.43. The van der Waals surface area contributed by atoms with Crippen LogP contribution in [0.2, 0.25) is 0 Å². The molecular weight excluding hydrogens is 260 g/mol. The predicted molar refractivity (Wildman–Crippen MR) is 65.7 cm³/mol. The lowest BCUT2D eigenvalue weighted by Gasteiger charge is -2.26. The van der Waals surface area contributed by atoms with E-state index in [0.717, 1.165) is 0 Å². The summed E-state index contributed by atoms with van der Waals surface area (Å²) in [6, 6.07) is 5.22. The van der Waals surface area contributed by atoms with Gasteiger partial charge in [-0.05, 0) is 12.1 Å². The minimum Gasteiger partial charge on any atom is -0.487 e. The lowest BCUT2D eigenvalue weighted by Crippen LogP contribution is -2.32. The Hall–Kier alpha value is -1.17. The van der Waals surface area contributed by atoms with Gasteiger partial charge < -0.3 is 24.4 Å². The molecule has 1 aliphatic rings. The summed E-state index contributed by atoms with van der Waals surface area (Å²) in [7, 11) is 0. The van der Waals surface area contributed by atoms with Crippen molar-refractivity contribution in [2.45, 2.75) is 12.2 Å². The quantitative estimate of drug-likeness (QED) is 0.778. The molecule has 0 aliphatic carbocycles. The molecule has 2 rings (SSSR count). The highest BCUT2D eigenvalue weighted by atomic mass is 35.5. The van der Waals surface area contributed by atoms with E-state index in [9.17, 15) is 5.11 Å². The highest BCUT2D eigenvalue weighted by molar-refractivity contribution is 6.18. The van der Waals surface area contributed by atoms with Crippen LogP contribution in [0.3, 0.4) is 0 Å². The molecule has 2 atom stereocenters. The maximum Gasteiger partial charge on any atom is 0.203 e. The number of para-hydroxylation sites is 1. The monoisotopic (exact) mass is 274 g/mol. The Kier molecular flexibility index (Phi) is 4.52. The first-order valence-corrected chi connectivity index (χ1v) is 6.18. The number of ether oxygens (including phenoxy) is 3. The second-order valence-electron chi connectivity index (χ2n) is 3.94. The van der Waals surface area contributed by atoms with E-state index in [1.165, 1.54) is 0 Å². The van der Waals surface area contributed by atoms with Crippen molar-refractivity contribution in [3.8, 4) is 17.2 Å². The highest BCUT2D eigenvalue weighted by Gasteiger charge is 2.23. The zero-order valence-electron chi connectivity index (χ0n) is 9.71. The Morgan fingerprint density at radius 3 is 3.06 bits per heavy atom. The van der Waals surface area contributed by atoms with Gasteiger partial charge in [-0.2, -0.15) is 0 Å². The number of benzene rings is 1. The maximum absolute atomic E-state index is 9.34. The van der Waals surface area contributed by atoms with E-state index in [2.05, 4.69) is 0 Å². The van der Waals surface area contributed by atoms with Gasteiger partial charge in [-0.3, -0.25) is 0 Å². The molecule has 18 heavy (non-hydrogen) atoms. The summed E-state index contributed by atoms with van der Waals surface area (Å²) in [5, 5.41) is 18.4. The smallest absolute Gasteiger partial charge is 0.203 e. The van der Waals surface area contributed by atoms with E-state index >= 15 is 0 Å². The minimum absolute atomic E-state index is 0.0900. The lowest BCUT2D eigenvalue weighted by atomic mass is 10.2. The van der Waals surface area contributed by atoms with E-state index in [4.69, 9.17) is 30.9 Å². The fraction of sp³-hybridized carbons (Fsp3) is 0.500. The van der Waals surface area contributed by atoms with Gasteiger partial charge in [-0.15, -0.1) is 11.6 Å². The third kappa shape index (κ3) is 2.98. The minimum atomic E-state index is -0.725. The first-order chi connectivity index (χ1) is 8.74. The molecule has 2 N–H and O–H groups in total. The summed E-state index contributed by atoms with van der Waals surface area (Å²) in [6.07, 6.45) is -1.08. The van der Waals surface area contributed by atoms with Gasteiger partial charge in [0.15, 0.2) is 17.6 Å². The summed E-state index contributed by atoms with van der Waals surface area (Å²) < 4.78 is 16.4. The molecule has 1 aromatic carbocycles. The molecule has 2 unspecified atom stereocenters.